The van der Waals surface area contributed by atoms with E-state index in [0.717, 1.165) is 11.1 Å². The molecule has 4 rings (SSSR count). The van der Waals surface area contributed by atoms with Crippen molar-refractivity contribution in [3.05, 3.63) is 65.2 Å². The maximum atomic E-state index is 12.4. The van der Waals surface area contributed by atoms with E-state index >= 15 is 0 Å². The third-order valence-corrected chi connectivity index (χ3v) is 4.47. The molecule has 1 aromatic carbocycles. The van der Waals surface area contributed by atoms with Crippen molar-refractivity contribution in [2.24, 2.45) is 0 Å². The fourth-order valence-electron chi connectivity index (χ4n) is 3.22. The van der Waals surface area contributed by atoms with Crippen molar-refractivity contribution < 1.29 is 18.7 Å². The van der Waals surface area contributed by atoms with Crippen LogP contribution < -0.4 is 5.32 Å². The maximum Gasteiger partial charge on any atom is 0.263 e. The quantitative estimate of drug-likeness (QED) is 0.763. The molecule has 128 valence electrons. The number of rotatable bonds is 4. The van der Waals surface area contributed by atoms with E-state index in [4.69, 9.17) is 8.83 Å². The third-order valence-electron chi connectivity index (χ3n) is 4.47. The Hall–Kier alpha value is -2.86. The first-order chi connectivity index (χ1) is 12.1. The molecular formula is C19H18N2O4. The van der Waals surface area contributed by atoms with Gasteiger partial charge in [-0.2, -0.15) is 0 Å². The van der Waals surface area contributed by atoms with Crippen molar-refractivity contribution in [2.45, 2.75) is 31.9 Å². The van der Waals surface area contributed by atoms with Crippen LogP contribution in [-0.2, 0) is 17.6 Å². The monoisotopic (exact) mass is 338 g/mol. The largest absolute Gasteiger partial charge is 0.459 e. The Balaban J connectivity index is 1.48. The van der Waals surface area contributed by atoms with E-state index in [1.807, 2.05) is 24.3 Å². The van der Waals surface area contributed by atoms with Crippen LogP contribution in [0.1, 0.15) is 28.6 Å². The predicted octanol–water partition coefficient (Wildman–Crippen LogP) is 2.56. The van der Waals surface area contributed by atoms with Crippen LogP contribution in [0.2, 0.25) is 0 Å². The summed E-state index contributed by atoms with van der Waals surface area (Å²) >= 11 is 0. The van der Waals surface area contributed by atoms with Crippen LogP contribution >= 0.6 is 0 Å². The molecule has 0 bridgehead atoms. The number of benzene rings is 1. The molecule has 3 aromatic rings. The molecular weight excluding hydrogens is 320 g/mol. The predicted molar refractivity (Wildman–Crippen MR) is 89.7 cm³/mol. The fraction of sp³-hybridized carbons (Fsp3) is 0.263. The molecule has 0 fully saturated rings. The van der Waals surface area contributed by atoms with E-state index in [1.165, 1.54) is 0 Å². The molecule has 2 unspecified atom stereocenters. The van der Waals surface area contributed by atoms with E-state index in [-0.39, 0.29) is 18.4 Å². The number of carbonyl (C=O) groups excluding carboxylic acids is 1. The van der Waals surface area contributed by atoms with Gasteiger partial charge in [-0.3, -0.25) is 4.79 Å². The normalized spacial score (nSPS) is 19.0. The number of hydrogen-bond acceptors (Lipinski definition) is 5. The standard InChI is InChI=1S/C19H18N2O4/c1-11-14(20-19(25-11)16-7-4-8-24-16)10-17(23)21-18-13-6-3-2-5-12(13)9-15(18)22/h2-8,15,18,22H,9-10H2,1H3,(H,21,23). The van der Waals surface area contributed by atoms with Crippen LogP contribution in [0, 0.1) is 6.92 Å². The topological polar surface area (TPSA) is 88.5 Å². The second kappa shape index (κ2) is 6.22. The maximum absolute atomic E-state index is 12.4. The number of aliphatic hydroxyl groups excluding tert-OH is 1. The number of nitrogens with one attached hydrogen (secondary N) is 1. The van der Waals surface area contributed by atoms with Gasteiger partial charge >= 0.3 is 0 Å². The van der Waals surface area contributed by atoms with Gasteiger partial charge in [-0.05, 0) is 30.2 Å². The van der Waals surface area contributed by atoms with E-state index in [0.29, 0.717) is 29.5 Å². The summed E-state index contributed by atoms with van der Waals surface area (Å²) in [6.45, 7) is 1.77. The van der Waals surface area contributed by atoms with Gasteiger partial charge in [0.2, 0.25) is 5.91 Å². The summed E-state index contributed by atoms with van der Waals surface area (Å²) in [7, 11) is 0. The molecule has 2 aromatic heterocycles. The summed E-state index contributed by atoms with van der Waals surface area (Å²) in [5, 5.41) is 13.2. The van der Waals surface area contributed by atoms with Crippen LogP contribution in [0.25, 0.3) is 11.7 Å². The first-order valence-corrected chi connectivity index (χ1v) is 8.17. The average Bonchev–Trinajstić information content (AvgIpc) is 3.29. The molecule has 0 spiro atoms. The number of amides is 1. The molecule has 2 N–H and O–H groups in total. The van der Waals surface area contributed by atoms with E-state index < -0.39 is 6.10 Å². The van der Waals surface area contributed by atoms with Crippen LogP contribution in [-0.4, -0.2) is 22.1 Å². The minimum Gasteiger partial charge on any atom is -0.459 e. The summed E-state index contributed by atoms with van der Waals surface area (Å²) in [6, 6.07) is 10.9. The Morgan fingerprint density at radius 3 is 2.96 bits per heavy atom. The van der Waals surface area contributed by atoms with Crippen molar-refractivity contribution in [1.82, 2.24) is 10.3 Å². The molecule has 0 radical (unpaired) electrons. The lowest BCUT2D eigenvalue weighted by Gasteiger charge is -2.17. The van der Waals surface area contributed by atoms with Gasteiger partial charge in [0.25, 0.3) is 5.89 Å². The Kier molecular flexibility index (Phi) is 3.89. The smallest absolute Gasteiger partial charge is 0.263 e. The highest BCUT2D eigenvalue weighted by molar-refractivity contribution is 5.79. The highest BCUT2D eigenvalue weighted by atomic mass is 16.4. The molecule has 25 heavy (non-hydrogen) atoms. The molecule has 6 nitrogen and oxygen atoms in total. The number of hydrogen-bond donors (Lipinski definition) is 2. The summed E-state index contributed by atoms with van der Waals surface area (Å²) in [5.41, 5.74) is 2.60. The van der Waals surface area contributed by atoms with Gasteiger partial charge in [-0.25, -0.2) is 4.98 Å². The zero-order valence-corrected chi connectivity index (χ0v) is 13.7. The molecule has 1 aliphatic rings. The number of fused-ring (bicyclic) bond motifs is 1. The second-order valence-electron chi connectivity index (χ2n) is 6.19. The van der Waals surface area contributed by atoms with Crippen molar-refractivity contribution in [2.75, 3.05) is 0 Å². The van der Waals surface area contributed by atoms with Gasteiger partial charge in [-0.1, -0.05) is 24.3 Å². The van der Waals surface area contributed by atoms with Gasteiger partial charge in [0.15, 0.2) is 5.76 Å². The number of aromatic nitrogens is 1. The van der Waals surface area contributed by atoms with E-state index in [1.54, 1.807) is 25.3 Å². The van der Waals surface area contributed by atoms with Crippen molar-refractivity contribution in [3.63, 3.8) is 0 Å². The van der Waals surface area contributed by atoms with Gasteiger partial charge in [0.1, 0.15) is 5.76 Å². The van der Waals surface area contributed by atoms with Gasteiger partial charge in [0.05, 0.1) is 30.5 Å². The molecule has 1 aliphatic carbocycles. The number of nitrogens with zero attached hydrogens (tertiary/aromatic N) is 1. The lowest BCUT2D eigenvalue weighted by atomic mass is 10.1. The Bertz CT molecular complexity index is 898. The number of aliphatic hydroxyl groups is 1. The second-order valence-corrected chi connectivity index (χ2v) is 6.19. The molecule has 2 heterocycles. The summed E-state index contributed by atoms with van der Waals surface area (Å²) < 4.78 is 10.8. The molecule has 6 heteroatoms. The number of furan rings is 1. The van der Waals surface area contributed by atoms with Crippen molar-refractivity contribution in [1.29, 1.82) is 0 Å². The number of carbonyl (C=O) groups is 1. The Morgan fingerprint density at radius 2 is 2.16 bits per heavy atom. The highest BCUT2D eigenvalue weighted by Gasteiger charge is 2.32. The SMILES string of the molecule is Cc1oc(-c2ccco2)nc1CC(=O)NC1c2ccccc2CC1O. The molecule has 2 atom stereocenters. The van der Waals surface area contributed by atoms with Crippen molar-refractivity contribution >= 4 is 5.91 Å². The third kappa shape index (κ3) is 2.96. The molecule has 0 aliphatic heterocycles. The molecule has 0 saturated carbocycles. The fourth-order valence-corrected chi connectivity index (χ4v) is 3.22. The van der Waals surface area contributed by atoms with Gasteiger partial charge in [0, 0.05) is 6.42 Å². The first-order valence-electron chi connectivity index (χ1n) is 8.17. The van der Waals surface area contributed by atoms with Crippen LogP contribution in [0.15, 0.2) is 51.5 Å². The summed E-state index contributed by atoms with van der Waals surface area (Å²) in [5.74, 6) is 1.25. The highest BCUT2D eigenvalue weighted by Crippen LogP contribution is 2.31. The molecule has 0 saturated heterocycles. The zero-order valence-electron chi connectivity index (χ0n) is 13.7. The minimum atomic E-state index is -0.613. The summed E-state index contributed by atoms with van der Waals surface area (Å²) in [6.07, 6.45) is 1.56. The average molecular weight is 338 g/mol. The van der Waals surface area contributed by atoms with Crippen molar-refractivity contribution in [3.8, 4) is 11.7 Å². The first kappa shape index (κ1) is 15.7. The van der Waals surface area contributed by atoms with Crippen LogP contribution in [0.3, 0.4) is 0 Å². The van der Waals surface area contributed by atoms with E-state index in [9.17, 15) is 9.90 Å². The molecule has 1 amide bonds. The van der Waals surface area contributed by atoms with Crippen LogP contribution in [0.4, 0.5) is 0 Å². The van der Waals surface area contributed by atoms with E-state index in [2.05, 4.69) is 10.3 Å². The summed E-state index contributed by atoms with van der Waals surface area (Å²) in [4.78, 5) is 16.8. The van der Waals surface area contributed by atoms with Crippen LogP contribution in [0.5, 0.6) is 0 Å². The van der Waals surface area contributed by atoms with Gasteiger partial charge < -0.3 is 19.3 Å². The Morgan fingerprint density at radius 1 is 1.32 bits per heavy atom. The Labute approximate surface area is 144 Å². The number of aryl methyl sites for hydroxylation is 1. The van der Waals surface area contributed by atoms with Gasteiger partial charge in [-0.15, -0.1) is 0 Å². The lowest BCUT2D eigenvalue weighted by Crippen LogP contribution is -2.35. The minimum absolute atomic E-state index is 0.0848. The zero-order chi connectivity index (χ0) is 17.4. The lowest BCUT2D eigenvalue weighted by molar-refractivity contribution is -0.122. The number of oxazole rings is 1.